The van der Waals surface area contributed by atoms with E-state index in [1.807, 2.05) is 18.2 Å². The van der Waals surface area contributed by atoms with Gasteiger partial charge in [-0.15, -0.1) is 0 Å². The van der Waals surface area contributed by atoms with E-state index in [-0.39, 0.29) is 29.7 Å². The molecule has 180 valence electrons. The van der Waals surface area contributed by atoms with Gasteiger partial charge in [-0.1, -0.05) is 24.3 Å². The van der Waals surface area contributed by atoms with Crippen molar-refractivity contribution in [1.29, 1.82) is 0 Å². The summed E-state index contributed by atoms with van der Waals surface area (Å²) in [5.74, 6) is -0.926. The van der Waals surface area contributed by atoms with Gasteiger partial charge in [-0.2, -0.15) is 9.30 Å². The summed E-state index contributed by atoms with van der Waals surface area (Å²) in [5, 5.41) is 0. The maximum Gasteiger partial charge on any atom is 0.326 e. The van der Waals surface area contributed by atoms with Crippen molar-refractivity contribution in [3.05, 3.63) is 58.4 Å². The molecular weight excluding hydrogens is 474 g/mol. The quantitative estimate of drug-likeness (QED) is 0.441. The molecule has 0 radical (unpaired) electrons. The van der Waals surface area contributed by atoms with Crippen LogP contribution in [0.15, 0.2) is 52.4 Å². The Morgan fingerprint density at radius 1 is 1.15 bits per heavy atom. The van der Waals surface area contributed by atoms with Crippen LogP contribution in [0.4, 0.5) is 0 Å². The van der Waals surface area contributed by atoms with Gasteiger partial charge in [0.15, 0.2) is 4.80 Å². The van der Waals surface area contributed by atoms with Gasteiger partial charge in [-0.3, -0.25) is 9.59 Å². The molecule has 0 saturated heterocycles. The first kappa shape index (κ1) is 24.3. The molecule has 34 heavy (non-hydrogen) atoms. The average molecular weight is 502 g/mol. The van der Waals surface area contributed by atoms with Crippen molar-refractivity contribution in [2.24, 2.45) is 4.99 Å². The van der Waals surface area contributed by atoms with Gasteiger partial charge in [0.25, 0.3) is 5.91 Å². The average Bonchev–Trinajstić information content (AvgIpc) is 3.62. The third-order valence-corrected chi connectivity index (χ3v) is 8.75. The van der Waals surface area contributed by atoms with E-state index < -0.39 is 21.9 Å². The third kappa shape index (κ3) is 4.98. The van der Waals surface area contributed by atoms with Crippen molar-refractivity contribution >= 4 is 43.5 Å². The predicted molar refractivity (Wildman–Crippen MR) is 130 cm³/mol. The van der Waals surface area contributed by atoms with Crippen LogP contribution < -0.4 is 4.80 Å². The molecule has 8 nitrogen and oxygen atoms in total. The van der Waals surface area contributed by atoms with Crippen LogP contribution >= 0.6 is 11.3 Å². The lowest BCUT2D eigenvalue weighted by Gasteiger charge is -2.16. The van der Waals surface area contributed by atoms with Crippen molar-refractivity contribution in [2.45, 2.75) is 50.6 Å². The number of aryl methyl sites for hydroxylation is 1. The number of amides is 1. The van der Waals surface area contributed by atoms with Gasteiger partial charge < -0.3 is 9.30 Å². The minimum Gasteiger partial charge on any atom is -0.465 e. The van der Waals surface area contributed by atoms with Gasteiger partial charge in [0, 0.05) is 18.7 Å². The summed E-state index contributed by atoms with van der Waals surface area (Å²) in [6.45, 7) is 4.00. The fourth-order valence-electron chi connectivity index (χ4n) is 3.63. The second kappa shape index (κ2) is 9.81. The zero-order valence-electron chi connectivity index (χ0n) is 19.4. The predicted octanol–water partition coefficient (Wildman–Crippen LogP) is 3.35. The van der Waals surface area contributed by atoms with Crippen LogP contribution in [0.3, 0.4) is 0 Å². The number of carbonyl (C=O) groups is 2. The second-order valence-corrected chi connectivity index (χ2v) is 11.1. The highest BCUT2D eigenvalue weighted by molar-refractivity contribution is 7.89. The molecule has 0 atom stereocenters. The lowest BCUT2D eigenvalue weighted by atomic mass is 10.2. The molecule has 1 aromatic heterocycles. The highest BCUT2D eigenvalue weighted by Gasteiger charge is 2.35. The van der Waals surface area contributed by atoms with Crippen molar-refractivity contribution < 1.29 is 22.7 Å². The van der Waals surface area contributed by atoms with Gasteiger partial charge >= 0.3 is 5.97 Å². The van der Waals surface area contributed by atoms with Crippen molar-refractivity contribution in [3.8, 4) is 0 Å². The molecule has 0 bridgehead atoms. The third-order valence-electron chi connectivity index (χ3n) is 5.78. The number of sulfonamides is 1. The standard InChI is InChI=1S/C24H27N3O5S2/c1-4-16-6-13-20-21(14-16)33-24(27(20)15-22(28)32-5-2)25-23(29)17-7-11-19(12-8-17)34(30,31)26(3)18-9-10-18/h6-8,11-14,18H,4-5,9-10,15H2,1-3H3. The van der Waals surface area contributed by atoms with Crippen molar-refractivity contribution in [2.75, 3.05) is 13.7 Å². The Labute approximate surface area is 202 Å². The number of carbonyl (C=O) groups excluding carboxylic acids is 2. The van der Waals surface area contributed by atoms with Crippen LogP contribution in [0, 0.1) is 0 Å². The minimum atomic E-state index is -3.59. The minimum absolute atomic E-state index is 0.0531. The summed E-state index contributed by atoms with van der Waals surface area (Å²) in [6, 6.07) is 11.8. The number of hydrogen-bond donors (Lipinski definition) is 0. The summed E-state index contributed by atoms with van der Waals surface area (Å²) >= 11 is 1.32. The zero-order valence-corrected chi connectivity index (χ0v) is 21.0. The van der Waals surface area contributed by atoms with Gasteiger partial charge in [0.2, 0.25) is 10.0 Å². The first-order chi connectivity index (χ1) is 16.2. The van der Waals surface area contributed by atoms with E-state index in [1.54, 1.807) is 18.5 Å². The molecule has 0 N–H and O–H groups in total. The number of fused-ring (bicyclic) bond motifs is 1. The van der Waals surface area contributed by atoms with E-state index in [0.717, 1.165) is 35.0 Å². The summed E-state index contributed by atoms with van der Waals surface area (Å²) in [7, 11) is -2.01. The Bertz CT molecular complexity index is 1400. The number of thiazole rings is 1. The molecule has 1 amide bonds. The Morgan fingerprint density at radius 3 is 2.47 bits per heavy atom. The van der Waals surface area contributed by atoms with Gasteiger partial charge in [-0.05, 0) is 68.1 Å². The largest absolute Gasteiger partial charge is 0.465 e. The van der Waals surface area contributed by atoms with Crippen LogP contribution in [0.1, 0.15) is 42.6 Å². The molecular formula is C24H27N3O5S2. The molecule has 0 spiro atoms. The van der Waals surface area contributed by atoms with Crippen LogP contribution in [0.2, 0.25) is 0 Å². The van der Waals surface area contributed by atoms with Crippen molar-refractivity contribution in [1.82, 2.24) is 8.87 Å². The number of aromatic nitrogens is 1. The van der Waals surface area contributed by atoms with Gasteiger partial charge in [-0.25, -0.2) is 8.42 Å². The van der Waals surface area contributed by atoms with E-state index in [4.69, 9.17) is 4.74 Å². The Morgan fingerprint density at radius 2 is 1.85 bits per heavy atom. The van der Waals surface area contributed by atoms with E-state index >= 15 is 0 Å². The number of hydrogen-bond acceptors (Lipinski definition) is 6. The molecule has 1 heterocycles. The smallest absolute Gasteiger partial charge is 0.326 e. The van der Waals surface area contributed by atoms with Crippen LogP contribution in [-0.2, 0) is 32.5 Å². The number of ether oxygens (including phenoxy) is 1. The first-order valence-corrected chi connectivity index (χ1v) is 13.4. The fourth-order valence-corrected chi connectivity index (χ4v) is 6.14. The number of esters is 1. The summed E-state index contributed by atoms with van der Waals surface area (Å²) < 4.78 is 34.5. The topological polar surface area (TPSA) is 98.0 Å². The van der Waals surface area contributed by atoms with Gasteiger partial charge in [0.1, 0.15) is 6.54 Å². The molecule has 0 aliphatic heterocycles. The molecule has 1 saturated carbocycles. The second-order valence-electron chi connectivity index (χ2n) is 8.13. The van der Waals surface area contributed by atoms with Crippen molar-refractivity contribution in [3.63, 3.8) is 0 Å². The fraction of sp³-hybridized carbons (Fsp3) is 0.375. The normalized spacial score (nSPS) is 14.6. The highest BCUT2D eigenvalue weighted by atomic mass is 32.2. The summed E-state index contributed by atoms with van der Waals surface area (Å²) in [6.07, 6.45) is 2.60. The maximum absolute atomic E-state index is 12.9. The maximum atomic E-state index is 12.9. The van der Waals surface area contributed by atoms with Crippen LogP contribution in [0.25, 0.3) is 10.2 Å². The zero-order chi connectivity index (χ0) is 24.5. The molecule has 1 fully saturated rings. The molecule has 0 unspecified atom stereocenters. The Hall–Kier alpha value is -2.82. The molecule has 1 aliphatic rings. The summed E-state index contributed by atoms with van der Waals surface area (Å²) in [5.41, 5.74) is 2.21. The molecule has 3 aromatic rings. The van der Waals surface area contributed by atoms with Crippen LogP contribution in [0.5, 0.6) is 0 Å². The monoisotopic (exact) mass is 501 g/mol. The molecule has 10 heteroatoms. The highest BCUT2D eigenvalue weighted by Crippen LogP contribution is 2.30. The number of nitrogens with zero attached hydrogens (tertiary/aromatic N) is 3. The van der Waals surface area contributed by atoms with Crippen LogP contribution in [-0.4, -0.2) is 48.9 Å². The lowest BCUT2D eigenvalue weighted by molar-refractivity contribution is -0.143. The van der Waals surface area contributed by atoms with Gasteiger partial charge in [0.05, 0.1) is 21.7 Å². The summed E-state index contributed by atoms with van der Waals surface area (Å²) in [4.78, 5) is 29.9. The SMILES string of the molecule is CCOC(=O)Cn1c(=NC(=O)c2ccc(S(=O)(=O)N(C)C3CC3)cc2)sc2cc(CC)ccc21. The van der Waals surface area contributed by atoms with E-state index in [1.165, 1.54) is 39.9 Å². The number of benzene rings is 2. The first-order valence-electron chi connectivity index (χ1n) is 11.2. The van der Waals surface area contributed by atoms with E-state index in [0.29, 0.717) is 4.80 Å². The molecule has 2 aromatic carbocycles. The van der Waals surface area contributed by atoms with E-state index in [2.05, 4.69) is 11.9 Å². The molecule has 1 aliphatic carbocycles. The number of rotatable bonds is 8. The lowest BCUT2D eigenvalue weighted by Crippen LogP contribution is -2.28. The Balaban J connectivity index is 1.68. The Kier molecular flexibility index (Phi) is 7.01. The molecule has 4 rings (SSSR count). The van der Waals surface area contributed by atoms with E-state index in [9.17, 15) is 18.0 Å².